The molecule has 2 aliphatic heterocycles. The third-order valence-electron chi connectivity index (χ3n) is 4.31. The van der Waals surface area contributed by atoms with E-state index < -0.39 is 0 Å². The van der Waals surface area contributed by atoms with Crippen LogP contribution in [0.3, 0.4) is 0 Å². The number of imidazole rings is 2. The first kappa shape index (κ1) is 15.6. The zero-order valence-electron chi connectivity index (χ0n) is 13.8. The van der Waals surface area contributed by atoms with Gasteiger partial charge in [0.2, 0.25) is 0 Å². The lowest BCUT2D eigenvalue weighted by atomic mass is 10.3. The van der Waals surface area contributed by atoms with Crippen LogP contribution in [0.1, 0.15) is 11.6 Å². The van der Waals surface area contributed by atoms with E-state index in [4.69, 9.17) is 0 Å². The van der Waals surface area contributed by atoms with E-state index in [0.717, 1.165) is 33.7 Å². The Bertz CT molecular complexity index is 1080. The molecule has 4 heterocycles. The summed E-state index contributed by atoms with van der Waals surface area (Å²) in [6.07, 6.45) is 0. The molecule has 0 unspecified atom stereocenters. The van der Waals surface area contributed by atoms with Gasteiger partial charge in [0.15, 0.2) is 0 Å². The molecule has 0 fully saturated rings. The van der Waals surface area contributed by atoms with Gasteiger partial charge < -0.3 is 9.97 Å². The Hall–Kier alpha value is -1.48. The Morgan fingerprint density at radius 1 is 0.615 bits per heavy atom. The highest BCUT2D eigenvalue weighted by atomic mass is 32.2. The Kier molecular flexibility index (Phi) is 3.30. The number of rotatable bonds is 0. The molecule has 0 atom stereocenters. The maximum absolute atomic E-state index is 4.56. The molecule has 4 nitrogen and oxygen atoms in total. The van der Waals surface area contributed by atoms with Gasteiger partial charge in [0.25, 0.3) is 0 Å². The first-order chi connectivity index (χ1) is 12.6. The van der Waals surface area contributed by atoms with Crippen LogP contribution in [0, 0.1) is 13.8 Å². The van der Waals surface area contributed by atoms with Crippen molar-refractivity contribution in [3.63, 3.8) is 0 Å². The molecule has 0 saturated carbocycles. The fourth-order valence-electron chi connectivity index (χ4n) is 3.22. The summed E-state index contributed by atoms with van der Waals surface area (Å²) in [7, 11) is 0. The van der Waals surface area contributed by atoms with E-state index >= 15 is 0 Å². The Labute approximate surface area is 166 Å². The molecule has 2 aromatic carbocycles. The van der Waals surface area contributed by atoms with Crippen LogP contribution in [-0.2, 0) is 0 Å². The summed E-state index contributed by atoms with van der Waals surface area (Å²) >= 11 is 7.45. The first-order valence-electron chi connectivity index (χ1n) is 8.09. The number of H-pyrrole nitrogens is 2. The third-order valence-corrected chi connectivity index (χ3v) is 9.87. The molecule has 2 N–H and O–H groups in total. The molecular formula is C18H12N4S4. The van der Waals surface area contributed by atoms with Crippen LogP contribution in [0.2, 0.25) is 0 Å². The van der Waals surface area contributed by atoms with E-state index in [2.05, 4.69) is 44.2 Å². The van der Waals surface area contributed by atoms with Crippen molar-refractivity contribution in [2.45, 2.75) is 33.4 Å². The minimum Gasteiger partial charge on any atom is -0.342 e. The predicted octanol–water partition coefficient (Wildman–Crippen LogP) is 6.28. The first-order valence-corrected chi connectivity index (χ1v) is 11.4. The molecule has 0 aliphatic carbocycles. The number of hydrogen-bond donors (Lipinski definition) is 2. The standard InChI is InChI=1S/C18H12N4S4/c1-7-19-9-3-13-14(4-10(9)20-7)24-17(23-13)18-25-15-5-11-12(6-16(15)26-18)22-8(2)21-11/h3-6H,1-2H3,(H,19,20)(H,21,22). The monoisotopic (exact) mass is 412 g/mol. The van der Waals surface area contributed by atoms with Crippen LogP contribution < -0.4 is 0 Å². The van der Waals surface area contributed by atoms with Gasteiger partial charge in [-0.3, -0.25) is 0 Å². The number of aryl methyl sites for hydroxylation is 2. The lowest BCUT2D eigenvalue weighted by molar-refractivity contribution is 1.17. The minimum atomic E-state index is 0.967. The van der Waals surface area contributed by atoms with Crippen LogP contribution >= 0.6 is 47.0 Å². The highest BCUT2D eigenvalue weighted by molar-refractivity contribution is 8.30. The maximum Gasteiger partial charge on any atom is 0.104 e. The summed E-state index contributed by atoms with van der Waals surface area (Å²) in [6.45, 7) is 4.00. The molecule has 4 aromatic rings. The van der Waals surface area contributed by atoms with Crippen molar-refractivity contribution < 1.29 is 0 Å². The number of hydrogen-bond acceptors (Lipinski definition) is 6. The number of benzene rings is 2. The number of nitrogens with one attached hydrogen (secondary N) is 2. The fourth-order valence-corrected chi connectivity index (χ4v) is 8.59. The topological polar surface area (TPSA) is 57.4 Å². The quantitative estimate of drug-likeness (QED) is 0.354. The van der Waals surface area contributed by atoms with E-state index in [-0.39, 0.29) is 0 Å². The molecule has 2 aliphatic rings. The molecule has 26 heavy (non-hydrogen) atoms. The second-order valence-electron chi connectivity index (χ2n) is 6.26. The number of aromatic amines is 2. The summed E-state index contributed by atoms with van der Waals surface area (Å²) in [4.78, 5) is 21.0. The molecule has 128 valence electrons. The molecule has 0 radical (unpaired) electrons. The van der Waals surface area contributed by atoms with E-state index in [0.29, 0.717) is 0 Å². The Morgan fingerprint density at radius 2 is 1.00 bits per heavy atom. The summed E-state index contributed by atoms with van der Waals surface area (Å²) in [6, 6.07) is 8.85. The van der Waals surface area contributed by atoms with Crippen LogP contribution in [0.4, 0.5) is 0 Å². The van der Waals surface area contributed by atoms with Crippen LogP contribution in [0.15, 0.2) is 52.3 Å². The number of aromatic nitrogens is 4. The summed E-state index contributed by atoms with van der Waals surface area (Å²) in [5.74, 6) is 1.93. The molecule has 0 amide bonds. The van der Waals surface area contributed by atoms with Crippen molar-refractivity contribution in [2.24, 2.45) is 0 Å². The van der Waals surface area contributed by atoms with E-state index in [1.807, 2.05) is 60.9 Å². The second-order valence-corrected chi connectivity index (χ2v) is 11.0. The maximum atomic E-state index is 4.56. The van der Waals surface area contributed by atoms with Crippen LogP contribution in [0.5, 0.6) is 0 Å². The van der Waals surface area contributed by atoms with Gasteiger partial charge in [-0.2, -0.15) is 0 Å². The highest BCUT2D eigenvalue weighted by Crippen LogP contribution is 2.61. The van der Waals surface area contributed by atoms with Gasteiger partial charge >= 0.3 is 0 Å². The lowest BCUT2D eigenvalue weighted by Gasteiger charge is -1.98. The summed E-state index contributed by atoms with van der Waals surface area (Å²) in [5, 5.41) is 0. The molecule has 6 rings (SSSR count). The minimum absolute atomic E-state index is 0.967. The van der Waals surface area contributed by atoms with Crippen LogP contribution in [-0.4, -0.2) is 19.9 Å². The average Bonchev–Trinajstić information content (AvgIpc) is 3.31. The number of nitrogens with zero attached hydrogens (tertiary/aromatic N) is 2. The molecule has 2 aromatic heterocycles. The molecular weight excluding hydrogens is 400 g/mol. The summed E-state index contributed by atoms with van der Waals surface area (Å²) < 4.78 is 2.73. The van der Waals surface area contributed by atoms with E-state index in [9.17, 15) is 0 Å². The van der Waals surface area contributed by atoms with Gasteiger partial charge in [-0.05, 0) is 38.1 Å². The zero-order valence-corrected chi connectivity index (χ0v) is 17.1. The van der Waals surface area contributed by atoms with Crippen molar-refractivity contribution in [3.05, 3.63) is 44.4 Å². The van der Waals surface area contributed by atoms with E-state index in [1.165, 1.54) is 28.1 Å². The second kappa shape index (κ2) is 5.51. The largest absolute Gasteiger partial charge is 0.342 e. The molecule has 0 spiro atoms. The predicted molar refractivity (Wildman–Crippen MR) is 112 cm³/mol. The Balaban J connectivity index is 1.38. The van der Waals surface area contributed by atoms with Gasteiger partial charge in [-0.1, -0.05) is 47.0 Å². The van der Waals surface area contributed by atoms with Gasteiger partial charge in [0.1, 0.15) is 11.6 Å². The fraction of sp³-hybridized carbons (Fsp3) is 0.111. The smallest absolute Gasteiger partial charge is 0.104 e. The van der Waals surface area contributed by atoms with Gasteiger partial charge in [0, 0.05) is 19.6 Å². The molecule has 0 bridgehead atoms. The SMILES string of the molecule is Cc1nc2cc3c(cc2[nH]1)S/C(=C1/Sc2cc4nc(C)[nH]c4cc2S1)S3. The lowest BCUT2D eigenvalue weighted by Crippen LogP contribution is -1.73. The van der Waals surface area contributed by atoms with Gasteiger partial charge in [-0.25, -0.2) is 9.97 Å². The third kappa shape index (κ3) is 2.36. The van der Waals surface area contributed by atoms with Crippen molar-refractivity contribution >= 4 is 69.1 Å². The summed E-state index contributed by atoms with van der Waals surface area (Å²) in [5.41, 5.74) is 4.33. The highest BCUT2D eigenvalue weighted by Gasteiger charge is 2.28. The number of fused-ring (bicyclic) bond motifs is 4. The molecule has 8 heteroatoms. The van der Waals surface area contributed by atoms with Crippen molar-refractivity contribution in [1.82, 2.24) is 19.9 Å². The molecule has 0 saturated heterocycles. The average molecular weight is 413 g/mol. The van der Waals surface area contributed by atoms with Crippen molar-refractivity contribution in [1.29, 1.82) is 0 Å². The zero-order chi connectivity index (χ0) is 17.4. The number of thioether (sulfide) groups is 4. The van der Waals surface area contributed by atoms with Crippen LogP contribution in [0.25, 0.3) is 22.1 Å². The van der Waals surface area contributed by atoms with Gasteiger partial charge in [-0.15, -0.1) is 0 Å². The van der Waals surface area contributed by atoms with Crippen molar-refractivity contribution in [2.75, 3.05) is 0 Å². The van der Waals surface area contributed by atoms with Crippen molar-refractivity contribution in [3.8, 4) is 0 Å². The Morgan fingerprint density at radius 3 is 1.42 bits per heavy atom. The van der Waals surface area contributed by atoms with Gasteiger partial charge in [0.05, 0.1) is 30.5 Å². The normalized spacial score (nSPS) is 18.8. The van der Waals surface area contributed by atoms with E-state index in [1.54, 1.807) is 0 Å².